The van der Waals surface area contributed by atoms with E-state index in [4.69, 9.17) is 4.42 Å². The molecule has 0 fully saturated rings. The van der Waals surface area contributed by atoms with Crippen molar-refractivity contribution in [1.82, 2.24) is 20.2 Å². The first-order valence-electron chi connectivity index (χ1n) is 7.97. The molecule has 6 nitrogen and oxygen atoms in total. The molecule has 0 saturated carbocycles. The van der Waals surface area contributed by atoms with Crippen molar-refractivity contribution in [2.75, 3.05) is 0 Å². The molecule has 0 radical (unpaired) electrons. The molecule has 0 bridgehead atoms. The monoisotopic (exact) mass is 332 g/mol. The first kappa shape index (κ1) is 15.3. The van der Waals surface area contributed by atoms with Gasteiger partial charge in [0.2, 0.25) is 5.82 Å². The van der Waals surface area contributed by atoms with Gasteiger partial charge in [-0.05, 0) is 41.8 Å². The van der Waals surface area contributed by atoms with Gasteiger partial charge in [-0.25, -0.2) is 4.79 Å². The van der Waals surface area contributed by atoms with Crippen molar-refractivity contribution in [2.24, 2.45) is 0 Å². The van der Waals surface area contributed by atoms with Crippen LogP contribution in [0.3, 0.4) is 0 Å². The Kier molecular flexibility index (Phi) is 3.65. The van der Waals surface area contributed by atoms with E-state index in [1.807, 2.05) is 56.3 Å². The van der Waals surface area contributed by atoms with Crippen LogP contribution in [0.2, 0.25) is 0 Å². The van der Waals surface area contributed by atoms with E-state index in [1.54, 1.807) is 0 Å². The number of fused-ring (bicyclic) bond motifs is 1. The lowest BCUT2D eigenvalue weighted by Crippen LogP contribution is -2.08. The van der Waals surface area contributed by atoms with Crippen LogP contribution in [-0.2, 0) is 6.54 Å². The second kappa shape index (κ2) is 5.98. The Balaban J connectivity index is 1.73. The first-order valence-corrected chi connectivity index (χ1v) is 7.97. The molecule has 2 aromatic carbocycles. The lowest BCUT2D eigenvalue weighted by molar-refractivity contribution is 0.545. The number of aryl methyl sites for hydroxylation is 2. The second-order valence-electron chi connectivity index (χ2n) is 6.05. The van der Waals surface area contributed by atoms with Gasteiger partial charge in [0.25, 0.3) is 0 Å². The zero-order valence-corrected chi connectivity index (χ0v) is 13.9. The molecule has 0 N–H and O–H groups in total. The van der Waals surface area contributed by atoms with Crippen LogP contribution in [0.1, 0.15) is 16.7 Å². The van der Waals surface area contributed by atoms with Crippen molar-refractivity contribution in [2.45, 2.75) is 20.4 Å². The highest BCUT2D eigenvalue weighted by atomic mass is 16.4. The van der Waals surface area contributed by atoms with Crippen molar-refractivity contribution in [3.8, 4) is 11.4 Å². The largest absolute Gasteiger partial charge is 0.423 e. The second-order valence-corrected chi connectivity index (χ2v) is 6.05. The Morgan fingerprint density at radius 2 is 1.92 bits per heavy atom. The van der Waals surface area contributed by atoms with Gasteiger partial charge in [-0.15, -0.1) is 10.2 Å². The van der Waals surface area contributed by atoms with E-state index >= 15 is 0 Å². The lowest BCUT2D eigenvalue weighted by atomic mass is 10.1. The number of nitrogens with zero attached hydrogens (tertiary/aromatic N) is 4. The molecule has 0 aliphatic heterocycles. The Bertz CT molecular complexity index is 1130. The molecule has 0 spiro atoms. The molecule has 0 amide bonds. The van der Waals surface area contributed by atoms with E-state index in [1.165, 1.54) is 10.9 Å². The summed E-state index contributed by atoms with van der Waals surface area (Å²) in [6.45, 7) is 4.32. The predicted molar refractivity (Wildman–Crippen MR) is 94.3 cm³/mol. The molecule has 4 aromatic rings. The van der Waals surface area contributed by atoms with Gasteiger partial charge in [0.05, 0.1) is 6.54 Å². The van der Waals surface area contributed by atoms with Crippen molar-refractivity contribution >= 4 is 11.0 Å². The number of benzene rings is 2. The number of aromatic nitrogens is 4. The quantitative estimate of drug-likeness (QED) is 0.539. The predicted octanol–water partition coefficient (Wildman–Crippen LogP) is 3.11. The molecule has 2 aromatic heterocycles. The number of tetrazole rings is 1. The molecule has 124 valence electrons. The lowest BCUT2D eigenvalue weighted by Gasteiger charge is -2.05. The summed E-state index contributed by atoms with van der Waals surface area (Å²) >= 11 is 0. The number of rotatable bonds is 3. The molecule has 2 heterocycles. The zero-order valence-electron chi connectivity index (χ0n) is 13.9. The van der Waals surface area contributed by atoms with Crippen LogP contribution in [0.25, 0.3) is 22.4 Å². The molecule has 25 heavy (non-hydrogen) atoms. The Hall–Kier alpha value is -3.28. The maximum atomic E-state index is 11.8. The van der Waals surface area contributed by atoms with E-state index in [0.29, 0.717) is 18.0 Å². The standard InChI is InChI=1S/C19H16N4O2/c1-12-7-8-16-14(10-18(24)25-17(16)9-12)11-23-21-19(20-22-23)15-6-4-3-5-13(15)2/h3-10H,11H2,1-2H3. The topological polar surface area (TPSA) is 73.8 Å². The Morgan fingerprint density at radius 3 is 2.76 bits per heavy atom. The van der Waals surface area contributed by atoms with E-state index in [-0.39, 0.29) is 5.63 Å². The maximum Gasteiger partial charge on any atom is 0.336 e. The third-order valence-electron chi connectivity index (χ3n) is 4.14. The molecule has 0 saturated heterocycles. The number of hydrogen-bond donors (Lipinski definition) is 0. The first-order chi connectivity index (χ1) is 12.1. The third kappa shape index (κ3) is 2.94. The fourth-order valence-electron chi connectivity index (χ4n) is 2.86. The number of hydrogen-bond acceptors (Lipinski definition) is 5. The summed E-state index contributed by atoms with van der Waals surface area (Å²) < 4.78 is 5.29. The minimum atomic E-state index is -0.382. The summed E-state index contributed by atoms with van der Waals surface area (Å²) in [5.41, 5.74) is 4.06. The summed E-state index contributed by atoms with van der Waals surface area (Å²) in [4.78, 5) is 13.3. The van der Waals surface area contributed by atoms with Crippen LogP contribution in [0.5, 0.6) is 0 Å². The van der Waals surface area contributed by atoms with Gasteiger partial charge in [0, 0.05) is 17.0 Å². The van der Waals surface area contributed by atoms with Gasteiger partial charge < -0.3 is 4.42 Å². The van der Waals surface area contributed by atoms with Crippen molar-refractivity contribution in [3.63, 3.8) is 0 Å². The van der Waals surface area contributed by atoms with E-state index in [0.717, 1.165) is 27.6 Å². The van der Waals surface area contributed by atoms with Crippen LogP contribution >= 0.6 is 0 Å². The van der Waals surface area contributed by atoms with Crippen LogP contribution in [0, 0.1) is 13.8 Å². The highest BCUT2D eigenvalue weighted by Crippen LogP contribution is 2.20. The Morgan fingerprint density at radius 1 is 1.08 bits per heavy atom. The minimum Gasteiger partial charge on any atom is -0.423 e. The molecule has 0 unspecified atom stereocenters. The average molecular weight is 332 g/mol. The van der Waals surface area contributed by atoms with Gasteiger partial charge in [-0.3, -0.25) is 0 Å². The fraction of sp³-hybridized carbons (Fsp3) is 0.158. The molecule has 0 aliphatic rings. The van der Waals surface area contributed by atoms with Gasteiger partial charge in [-0.1, -0.05) is 36.4 Å². The molecule has 0 aliphatic carbocycles. The van der Waals surface area contributed by atoms with Crippen molar-refractivity contribution in [1.29, 1.82) is 0 Å². The van der Waals surface area contributed by atoms with Crippen LogP contribution in [-0.4, -0.2) is 20.2 Å². The summed E-state index contributed by atoms with van der Waals surface area (Å²) in [5, 5.41) is 13.6. The van der Waals surface area contributed by atoms with Crippen LogP contribution < -0.4 is 5.63 Å². The normalized spacial score (nSPS) is 11.1. The van der Waals surface area contributed by atoms with Crippen molar-refractivity contribution in [3.05, 3.63) is 75.6 Å². The molecule has 0 atom stereocenters. The van der Waals surface area contributed by atoms with Gasteiger partial charge in [0.1, 0.15) is 5.58 Å². The van der Waals surface area contributed by atoms with Crippen molar-refractivity contribution < 1.29 is 4.42 Å². The van der Waals surface area contributed by atoms with Gasteiger partial charge in [0.15, 0.2) is 0 Å². The average Bonchev–Trinajstić information content (AvgIpc) is 3.03. The maximum absolute atomic E-state index is 11.8. The molecular formula is C19H16N4O2. The smallest absolute Gasteiger partial charge is 0.336 e. The van der Waals surface area contributed by atoms with Gasteiger partial charge >= 0.3 is 5.63 Å². The van der Waals surface area contributed by atoms with E-state index in [2.05, 4.69) is 15.4 Å². The molecule has 6 heteroatoms. The molecular weight excluding hydrogens is 316 g/mol. The van der Waals surface area contributed by atoms with E-state index in [9.17, 15) is 4.79 Å². The summed E-state index contributed by atoms with van der Waals surface area (Å²) in [7, 11) is 0. The Labute approximate surface area is 143 Å². The molecule has 4 rings (SSSR count). The van der Waals surface area contributed by atoms with Crippen LogP contribution in [0.4, 0.5) is 0 Å². The minimum absolute atomic E-state index is 0.351. The highest BCUT2D eigenvalue weighted by Gasteiger charge is 2.11. The summed E-state index contributed by atoms with van der Waals surface area (Å²) in [6.07, 6.45) is 0. The fourth-order valence-corrected chi connectivity index (χ4v) is 2.86. The van der Waals surface area contributed by atoms with E-state index < -0.39 is 0 Å². The third-order valence-corrected chi connectivity index (χ3v) is 4.14. The SMILES string of the molecule is Cc1ccc2c(Cn3nnc(-c4ccccc4C)n3)cc(=O)oc2c1. The summed E-state index contributed by atoms with van der Waals surface area (Å²) in [5.74, 6) is 0.571. The van der Waals surface area contributed by atoms with Crippen LogP contribution in [0.15, 0.2) is 57.7 Å². The highest BCUT2D eigenvalue weighted by molar-refractivity contribution is 5.80. The summed E-state index contributed by atoms with van der Waals surface area (Å²) in [6, 6.07) is 15.2. The van der Waals surface area contributed by atoms with Gasteiger partial charge in [-0.2, -0.15) is 4.80 Å². The zero-order chi connectivity index (χ0) is 17.4.